The zero-order valence-electron chi connectivity index (χ0n) is 8.19. The second-order valence-electron chi connectivity index (χ2n) is 3.00. The third-order valence-corrected chi connectivity index (χ3v) is 1.93. The molecule has 0 spiro atoms. The molecule has 0 fully saturated rings. The van der Waals surface area contributed by atoms with Gasteiger partial charge in [-0.15, -0.1) is 0 Å². The van der Waals surface area contributed by atoms with Crippen molar-refractivity contribution < 1.29 is 4.42 Å². The third kappa shape index (κ3) is 1.54. The van der Waals surface area contributed by atoms with Crippen LogP contribution in [0.5, 0.6) is 0 Å². The smallest absolute Gasteiger partial charge is 0.307 e. The van der Waals surface area contributed by atoms with Crippen LogP contribution in [0.1, 0.15) is 11.5 Å². The van der Waals surface area contributed by atoms with E-state index in [2.05, 4.69) is 15.3 Å². The van der Waals surface area contributed by atoms with Crippen molar-refractivity contribution in [2.24, 2.45) is 0 Å². The maximum atomic E-state index is 5.31. The zero-order chi connectivity index (χ0) is 9.97. The van der Waals surface area contributed by atoms with Gasteiger partial charge in [-0.3, -0.25) is 4.57 Å². The van der Waals surface area contributed by atoms with E-state index >= 15 is 0 Å². The number of nitrogens with one attached hydrogen (secondary N) is 1. The topological polar surface area (TPSA) is 55.9 Å². The molecule has 0 aliphatic rings. The Morgan fingerprint density at radius 3 is 3.07 bits per heavy atom. The van der Waals surface area contributed by atoms with Crippen LogP contribution in [0, 0.1) is 6.92 Å². The van der Waals surface area contributed by atoms with Crippen LogP contribution in [0.15, 0.2) is 23.1 Å². The standard InChI is InChI=1S/C9H12N4O/c1-7-11-3-4-13(7)9-12-8(5-10-2)6-14-9/h3-4,6,10H,5H2,1-2H3. The molecular weight excluding hydrogens is 180 g/mol. The number of aromatic nitrogens is 3. The van der Waals surface area contributed by atoms with Crippen molar-refractivity contribution in [2.45, 2.75) is 13.5 Å². The molecule has 2 aromatic heterocycles. The summed E-state index contributed by atoms with van der Waals surface area (Å²) in [6.45, 7) is 2.61. The Hall–Kier alpha value is -1.62. The minimum Gasteiger partial charge on any atom is -0.431 e. The number of oxazole rings is 1. The molecule has 0 aliphatic carbocycles. The van der Waals surface area contributed by atoms with Gasteiger partial charge in [0.25, 0.3) is 0 Å². The quantitative estimate of drug-likeness (QED) is 0.784. The van der Waals surface area contributed by atoms with E-state index in [9.17, 15) is 0 Å². The van der Waals surface area contributed by atoms with E-state index < -0.39 is 0 Å². The first-order chi connectivity index (χ1) is 6.81. The van der Waals surface area contributed by atoms with Crippen LogP contribution in [0.2, 0.25) is 0 Å². The van der Waals surface area contributed by atoms with E-state index in [0.29, 0.717) is 12.6 Å². The molecule has 1 N–H and O–H groups in total. The number of rotatable bonds is 3. The summed E-state index contributed by atoms with van der Waals surface area (Å²) in [5.41, 5.74) is 0.885. The summed E-state index contributed by atoms with van der Waals surface area (Å²) in [7, 11) is 1.87. The van der Waals surface area contributed by atoms with Crippen LogP contribution in [-0.2, 0) is 6.54 Å². The molecule has 5 nitrogen and oxygen atoms in total. The van der Waals surface area contributed by atoms with Gasteiger partial charge in [0.2, 0.25) is 0 Å². The van der Waals surface area contributed by atoms with Crippen molar-refractivity contribution in [3.8, 4) is 6.01 Å². The molecule has 0 radical (unpaired) electrons. The molecule has 0 amide bonds. The van der Waals surface area contributed by atoms with Gasteiger partial charge < -0.3 is 9.73 Å². The second kappa shape index (κ2) is 3.63. The maximum absolute atomic E-state index is 5.31. The molecule has 2 aromatic rings. The minimum absolute atomic E-state index is 0.560. The van der Waals surface area contributed by atoms with Gasteiger partial charge in [-0.25, -0.2) is 4.98 Å². The largest absolute Gasteiger partial charge is 0.431 e. The van der Waals surface area contributed by atoms with Crippen molar-refractivity contribution in [1.29, 1.82) is 0 Å². The van der Waals surface area contributed by atoms with Crippen molar-refractivity contribution in [2.75, 3.05) is 7.05 Å². The lowest BCUT2D eigenvalue weighted by Crippen LogP contribution is -2.05. The molecule has 0 saturated carbocycles. The molecule has 0 atom stereocenters. The van der Waals surface area contributed by atoms with E-state index in [1.807, 2.05) is 20.2 Å². The maximum Gasteiger partial charge on any atom is 0.307 e. The van der Waals surface area contributed by atoms with Crippen LogP contribution in [-0.4, -0.2) is 21.6 Å². The monoisotopic (exact) mass is 192 g/mol. The zero-order valence-corrected chi connectivity index (χ0v) is 8.19. The van der Waals surface area contributed by atoms with E-state index in [1.165, 1.54) is 0 Å². The van der Waals surface area contributed by atoms with Crippen LogP contribution >= 0.6 is 0 Å². The molecule has 2 rings (SSSR count). The van der Waals surface area contributed by atoms with E-state index in [4.69, 9.17) is 4.42 Å². The van der Waals surface area contributed by atoms with Gasteiger partial charge in [0, 0.05) is 18.9 Å². The van der Waals surface area contributed by atoms with E-state index in [0.717, 1.165) is 11.5 Å². The summed E-state index contributed by atoms with van der Waals surface area (Å²) < 4.78 is 7.12. The Kier molecular flexibility index (Phi) is 2.32. The van der Waals surface area contributed by atoms with Crippen molar-refractivity contribution in [3.63, 3.8) is 0 Å². The Balaban J connectivity index is 2.29. The first-order valence-electron chi connectivity index (χ1n) is 4.40. The molecule has 5 heteroatoms. The predicted octanol–water partition coefficient (Wildman–Crippen LogP) is 0.888. The molecule has 74 valence electrons. The van der Waals surface area contributed by atoms with Crippen molar-refractivity contribution >= 4 is 0 Å². The lowest BCUT2D eigenvalue weighted by Gasteiger charge is -1.96. The second-order valence-corrected chi connectivity index (χ2v) is 3.00. The van der Waals surface area contributed by atoms with Gasteiger partial charge >= 0.3 is 6.01 Å². The summed E-state index contributed by atoms with van der Waals surface area (Å²) in [5, 5.41) is 3.01. The van der Waals surface area contributed by atoms with Gasteiger partial charge in [-0.1, -0.05) is 0 Å². The van der Waals surface area contributed by atoms with Crippen LogP contribution < -0.4 is 5.32 Å². The number of imidazole rings is 1. The minimum atomic E-state index is 0.560. The summed E-state index contributed by atoms with van der Waals surface area (Å²) in [6.07, 6.45) is 5.19. The van der Waals surface area contributed by atoms with Crippen molar-refractivity contribution in [1.82, 2.24) is 19.9 Å². The normalized spacial score (nSPS) is 10.7. The van der Waals surface area contributed by atoms with Gasteiger partial charge in [0.1, 0.15) is 12.1 Å². The molecule has 2 heterocycles. The fourth-order valence-electron chi connectivity index (χ4n) is 1.25. The number of aryl methyl sites for hydroxylation is 1. The highest BCUT2D eigenvalue weighted by molar-refractivity contribution is 5.13. The third-order valence-electron chi connectivity index (χ3n) is 1.93. The highest BCUT2D eigenvalue weighted by Gasteiger charge is 2.06. The summed E-state index contributed by atoms with van der Waals surface area (Å²) in [6, 6.07) is 0.560. The lowest BCUT2D eigenvalue weighted by molar-refractivity contribution is 0.522. The van der Waals surface area contributed by atoms with Crippen LogP contribution in [0.4, 0.5) is 0 Å². The molecule has 14 heavy (non-hydrogen) atoms. The SMILES string of the molecule is CNCc1coc(-n2ccnc2C)n1. The Morgan fingerprint density at radius 1 is 1.57 bits per heavy atom. The Morgan fingerprint density at radius 2 is 2.43 bits per heavy atom. The molecular formula is C9H12N4O. The summed E-state index contributed by atoms with van der Waals surface area (Å²) >= 11 is 0. The Labute approximate surface area is 81.8 Å². The number of hydrogen-bond acceptors (Lipinski definition) is 4. The number of nitrogens with zero attached hydrogens (tertiary/aromatic N) is 3. The molecule has 0 bridgehead atoms. The molecule has 0 aromatic carbocycles. The van der Waals surface area contributed by atoms with Crippen molar-refractivity contribution in [3.05, 3.63) is 30.2 Å². The number of hydrogen-bond donors (Lipinski definition) is 1. The highest BCUT2D eigenvalue weighted by atomic mass is 16.4. The Bertz CT molecular complexity index is 418. The predicted molar refractivity (Wildman–Crippen MR) is 51.1 cm³/mol. The molecule has 0 unspecified atom stereocenters. The molecule has 0 aliphatic heterocycles. The summed E-state index contributed by atoms with van der Waals surface area (Å²) in [5.74, 6) is 0.864. The first-order valence-corrected chi connectivity index (χ1v) is 4.40. The van der Waals surface area contributed by atoms with Gasteiger partial charge in [-0.05, 0) is 14.0 Å². The average molecular weight is 192 g/mol. The van der Waals surface area contributed by atoms with Gasteiger partial charge in [0.05, 0.1) is 5.69 Å². The first kappa shape index (κ1) is 8.96. The average Bonchev–Trinajstić information content (AvgIpc) is 2.74. The fourth-order valence-corrected chi connectivity index (χ4v) is 1.25. The van der Waals surface area contributed by atoms with E-state index in [-0.39, 0.29) is 0 Å². The van der Waals surface area contributed by atoms with Gasteiger partial charge in [-0.2, -0.15) is 4.98 Å². The summed E-state index contributed by atoms with van der Waals surface area (Å²) in [4.78, 5) is 8.39. The van der Waals surface area contributed by atoms with E-state index in [1.54, 1.807) is 17.0 Å². The molecule has 0 saturated heterocycles. The highest BCUT2D eigenvalue weighted by Crippen LogP contribution is 2.09. The fraction of sp³-hybridized carbons (Fsp3) is 0.333. The van der Waals surface area contributed by atoms with Crippen LogP contribution in [0.25, 0.3) is 6.01 Å². The van der Waals surface area contributed by atoms with Crippen LogP contribution in [0.3, 0.4) is 0 Å². The lowest BCUT2D eigenvalue weighted by atomic mass is 10.5. The van der Waals surface area contributed by atoms with Gasteiger partial charge in [0.15, 0.2) is 0 Å².